The Morgan fingerprint density at radius 1 is 1.08 bits per heavy atom. The number of nitrogens with two attached hydrogens (primary N) is 1. The molecular weight excluding hydrogens is 502 g/mol. The number of rotatable bonds is 5. The number of fused-ring (bicyclic) bond motifs is 2. The molecule has 1 unspecified atom stereocenters. The molecule has 0 radical (unpaired) electrons. The predicted octanol–water partition coefficient (Wildman–Crippen LogP) is 4.43. The van der Waals surface area contributed by atoms with E-state index in [0.29, 0.717) is 33.1 Å². The van der Waals surface area contributed by atoms with Crippen LogP contribution in [0.15, 0.2) is 73.3 Å². The van der Waals surface area contributed by atoms with Gasteiger partial charge in [-0.1, -0.05) is 23.7 Å². The maximum Gasteiger partial charge on any atom is 0.251 e. The molecular formula is C27H22ClN9O. The highest BCUT2D eigenvalue weighted by atomic mass is 35.5. The van der Waals surface area contributed by atoms with Crippen LogP contribution < -0.4 is 11.1 Å². The largest absolute Gasteiger partial charge is 0.383 e. The zero-order chi connectivity index (χ0) is 26.4. The quantitative estimate of drug-likeness (QED) is 0.342. The van der Waals surface area contributed by atoms with Gasteiger partial charge in [-0.2, -0.15) is 10.2 Å². The van der Waals surface area contributed by atoms with Crippen molar-refractivity contribution in [2.45, 2.75) is 13.0 Å². The zero-order valence-electron chi connectivity index (χ0n) is 20.5. The first-order valence-corrected chi connectivity index (χ1v) is 12.2. The number of carbonyl (C=O) groups excluding carboxylic acids is 1. The van der Waals surface area contributed by atoms with E-state index in [4.69, 9.17) is 27.5 Å². The van der Waals surface area contributed by atoms with Gasteiger partial charge in [0.25, 0.3) is 5.91 Å². The smallest absolute Gasteiger partial charge is 0.251 e. The Morgan fingerprint density at radius 3 is 2.63 bits per heavy atom. The zero-order valence-corrected chi connectivity index (χ0v) is 21.3. The lowest BCUT2D eigenvalue weighted by Gasteiger charge is -2.11. The first-order chi connectivity index (χ1) is 18.5. The number of carbonyl (C=O) groups is 1. The number of aromatic nitrogens is 7. The molecule has 0 fully saturated rings. The molecule has 0 spiro atoms. The van der Waals surface area contributed by atoms with E-state index in [1.807, 2.05) is 54.1 Å². The monoisotopic (exact) mass is 523 g/mol. The van der Waals surface area contributed by atoms with Gasteiger partial charge < -0.3 is 11.1 Å². The molecule has 2 aromatic carbocycles. The fourth-order valence-corrected chi connectivity index (χ4v) is 4.77. The number of hydrogen-bond acceptors (Lipinski definition) is 7. The summed E-state index contributed by atoms with van der Waals surface area (Å²) in [6, 6.07) is 16.3. The van der Waals surface area contributed by atoms with Crippen molar-refractivity contribution < 1.29 is 4.79 Å². The van der Waals surface area contributed by atoms with E-state index in [9.17, 15) is 4.79 Å². The van der Waals surface area contributed by atoms with Gasteiger partial charge in [0.15, 0.2) is 5.65 Å². The van der Waals surface area contributed by atoms with Crippen LogP contribution in [0.3, 0.4) is 0 Å². The summed E-state index contributed by atoms with van der Waals surface area (Å²) in [5.41, 5.74) is 11.3. The number of nitrogens with one attached hydrogen (secondary N) is 1. The van der Waals surface area contributed by atoms with E-state index in [1.165, 1.54) is 6.33 Å². The molecule has 0 saturated carbocycles. The number of pyridine rings is 1. The van der Waals surface area contributed by atoms with Crippen LogP contribution >= 0.6 is 11.6 Å². The Kier molecular flexibility index (Phi) is 5.73. The van der Waals surface area contributed by atoms with Crippen molar-refractivity contribution in [2.24, 2.45) is 0 Å². The number of nitrogens with zero attached hydrogens (tertiary/aromatic N) is 7. The Balaban J connectivity index is 1.53. The van der Waals surface area contributed by atoms with Gasteiger partial charge in [0.2, 0.25) is 0 Å². The van der Waals surface area contributed by atoms with Gasteiger partial charge in [0.05, 0.1) is 34.5 Å². The summed E-state index contributed by atoms with van der Waals surface area (Å²) in [5.74, 6) is 0.149. The standard InChI is InChI=1S/C27H22ClN9O/c1-15(23-20-10-9-18(28)12-21(20)37(34-23)19-4-3-11-31-13-19)36-26-22(25(29)32-14-33-26)24(35-36)16-5-7-17(8-6-16)27(38)30-2/h3-15H,1-2H3,(H,30,38)(H2,29,32,33). The topological polar surface area (TPSA) is 129 Å². The summed E-state index contributed by atoms with van der Waals surface area (Å²) in [6.45, 7) is 2.01. The highest BCUT2D eigenvalue weighted by molar-refractivity contribution is 6.31. The lowest BCUT2D eigenvalue weighted by molar-refractivity contribution is 0.0963. The van der Waals surface area contributed by atoms with Crippen molar-refractivity contribution >= 4 is 45.3 Å². The third kappa shape index (κ3) is 3.82. The SMILES string of the molecule is CNC(=O)c1ccc(-c2nn(C(C)c3nn(-c4cccnc4)c4cc(Cl)ccc34)c3ncnc(N)c23)cc1. The highest BCUT2D eigenvalue weighted by Gasteiger charge is 2.25. The van der Waals surface area contributed by atoms with Crippen LogP contribution in [0.1, 0.15) is 29.0 Å². The first kappa shape index (κ1) is 23.6. The molecule has 0 saturated heterocycles. The van der Waals surface area contributed by atoms with Gasteiger partial charge in [-0.3, -0.25) is 9.78 Å². The number of benzene rings is 2. The average Bonchev–Trinajstić information content (AvgIpc) is 3.53. The summed E-state index contributed by atoms with van der Waals surface area (Å²) >= 11 is 6.36. The maximum atomic E-state index is 12.0. The molecule has 38 heavy (non-hydrogen) atoms. The normalized spacial score (nSPS) is 12.2. The fraction of sp³-hybridized carbons (Fsp3) is 0.111. The molecule has 0 aliphatic carbocycles. The van der Waals surface area contributed by atoms with Crippen molar-refractivity contribution in [1.29, 1.82) is 0 Å². The van der Waals surface area contributed by atoms with Crippen LogP contribution in [0, 0.1) is 0 Å². The number of hydrogen-bond donors (Lipinski definition) is 2. The molecule has 188 valence electrons. The molecule has 3 N–H and O–H groups in total. The first-order valence-electron chi connectivity index (χ1n) is 11.9. The minimum Gasteiger partial charge on any atom is -0.383 e. The van der Waals surface area contributed by atoms with Crippen molar-refractivity contribution in [3.63, 3.8) is 0 Å². The molecule has 0 aliphatic heterocycles. The highest BCUT2D eigenvalue weighted by Crippen LogP contribution is 2.35. The van der Waals surface area contributed by atoms with Crippen molar-refractivity contribution in [2.75, 3.05) is 12.8 Å². The van der Waals surface area contributed by atoms with Gasteiger partial charge >= 0.3 is 0 Å². The predicted molar refractivity (Wildman–Crippen MR) is 146 cm³/mol. The minimum absolute atomic E-state index is 0.167. The molecule has 10 nitrogen and oxygen atoms in total. The van der Waals surface area contributed by atoms with E-state index in [2.05, 4.69) is 20.3 Å². The Morgan fingerprint density at radius 2 is 1.89 bits per heavy atom. The molecule has 6 aromatic rings. The van der Waals surface area contributed by atoms with Gasteiger partial charge in [-0.05, 0) is 49.4 Å². The molecule has 0 aliphatic rings. The van der Waals surface area contributed by atoms with Gasteiger partial charge in [0.1, 0.15) is 17.8 Å². The van der Waals surface area contributed by atoms with Gasteiger partial charge in [0, 0.05) is 34.8 Å². The Hall–Kier alpha value is -4.83. The molecule has 6 rings (SSSR count). The fourth-order valence-electron chi connectivity index (χ4n) is 4.60. The summed E-state index contributed by atoms with van der Waals surface area (Å²) in [5, 5.41) is 14.7. The van der Waals surface area contributed by atoms with E-state index >= 15 is 0 Å². The van der Waals surface area contributed by atoms with Crippen molar-refractivity contribution in [3.8, 4) is 16.9 Å². The molecule has 4 aromatic heterocycles. The van der Waals surface area contributed by atoms with Gasteiger partial charge in [-0.15, -0.1) is 0 Å². The van der Waals surface area contributed by atoms with Crippen LogP contribution in [0.2, 0.25) is 5.02 Å². The van der Waals surface area contributed by atoms with E-state index < -0.39 is 0 Å². The average molecular weight is 524 g/mol. The van der Waals surface area contributed by atoms with E-state index in [1.54, 1.807) is 36.3 Å². The summed E-state index contributed by atoms with van der Waals surface area (Å²) in [7, 11) is 1.60. The van der Waals surface area contributed by atoms with Crippen LogP contribution in [0.25, 0.3) is 38.9 Å². The van der Waals surface area contributed by atoms with Crippen LogP contribution in [-0.4, -0.2) is 47.5 Å². The van der Waals surface area contributed by atoms with E-state index in [-0.39, 0.29) is 11.9 Å². The Bertz CT molecular complexity index is 1810. The number of anilines is 1. The lowest BCUT2D eigenvalue weighted by atomic mass is 10.1. The molecule has 11 heteroatoms. The van der Waals surface area contributed by atoms with Gasteiger partial charge in [-0.25, -0.2) is 19.3 Å². The second kappa shape index (κ2) is 9.24. The van der Waals surface area contributed by atoms with Crippen LogP contribution in [0.5, 0.6) is 0 Å². The Labute approximate surface area is 222 Å². The molecule has 1 atom stereocenters. The minimum atomic E-state index is -0.327. The molecule has 4 heterocycles. The second-order valence-corrected chi connectivity index (χ2v) is 9.19. The number of amides is 1. The second-order valence-electron chi connectivity index (χ2n) is 8.75. The third-order valence-corrected chi connectivity index (χ3v) is 6.73. The summed E-state index contributed by atoms with van der Waals surface area (Å²) in [6.07, 6.45) is 4.89. The molecule has 1 amide bonds. The maximum absolute atomic E-state index is 12.0. The summed E-state index contributed by atoms with van der Waals surface area (Å²) < 4.78 is 3.63. The summed E-state index contributed by atoms with van der Waals surface area (Å²) in [4.78, 5) is 25.0. The van der Waals surface area contributed by atoms with Crippen LogP contribution in [0.4, 0.5) is 5.82 Å². The van der Waals surface area contributed by atoms with Crippen molar-refractivity contribution in [1.82, 2.24) is 39.8 Å². The molecule has 0 bridgehead atoms. The van der Waals surface area contributed by atoms with Crippen LogP contribution in [-0.2, 0) is 0 Å². The number of halogens is 1. The van der Waals surface area contributed by atoms with E-state index in [0.717, 1.165) is 27.8 Å². The third-order valence-electron chi connectivity index (χ3n) is 6.49. The lowest BCUT2D eigenvalue weighted by Crippen LogP contribution is -2.17. The number of nitrogen functional groups attached to an aromatic ring is 1. The van der Waals surface area contributed by atoms with Crippen molar-refractivity contribution in [3.05, 3.63) is 89.6 Å².